The topological polar surface area (TPSA) is 55.0 Å². The minimum atomic E-state index is -0.0565. The van der Waals surface area contributed by atoms with Gasteiger partial charge in [-0.3, -0.25) is 9.69 Å². The summed E-state index contributed by atoms with van der Waals surface area (Å²) in [6.45, 7) is 3.26. The van der Waals surface area contributed by atoms with Crippen LogP contribution in [0.5, 0.6) is 5.88 Å². The lowest BCUT2D eigenvalue weighted by Crippen LogP contribution is -2.28. The number of benzene rings is 1. The molecule has 1 aromatic carbocycles. The maximum absolute atomic E-state index is 12.0. The SMILES string of the molecule is CC(=O)N(Cc1ccccc1)c1cccc(OC[C@H]2CO2)n1. The van der Waals surface area contributed by atoms with Crippen molar-refractivity contribution in [1.29, 1.82) is 0 Å². The number of hydrogen-bond donors (Lipinski definition) is 0. The molecule has 1 atom stereocenters. The van der Waals surface area contributed by atoms with E-state index in [1.165, 1.54) is 6.92 Å². The number of rotatable bonds is 6. The first kappa shape index (κ1) is 14.5. The van der Waals surface area contributed by atoms with Crippen molar-refractivity contribution in [2.24, 2.45) is 0 Å². The number of amides is 1. The highest BCUT2D eigenvalue weighted by molar-refractivity contribution is 5.90. The molecule has 1 saturated heterocycles. The van der Waals surface area contributed by atoms with Gasteiger partial charge in [0.2, 0.25) is 11.8 Å². The van der Waals surface area contributed by atoms with Gasteiger partial charge in [0, 0.05) is 13.0 Å². The third-order valence-electron chi connectivity index (χ3n) is 3.37. The molecular formula is C17H18N2O3. The maximum atomic E-state index is 12.0. The smallest absolute Gasteiger partial charge is 0.225 e. The second-order valence-corrected chi connectivity index (χ2v) is 5.19. The lowest BCUT2D eigenvalue weighted by atomic mass is 10.2. The number of carbonyl (C=O) groups is 1. The molecule has 2 aromatic rings. The fourth-order valence-corrected chi connectivity index (χ4v) is 2.10. The summed E-state index contributed by atoms with van der Waals surface area (Å²) in [6.07, 6.45) is 0.179. The zero-order valence-electron chi connectivity index (χ0n) is 12.4. The Balaban J connectivity index is 1.75. The first-order valence-electron chi connectivity index (χ1n) is 7.26. The van der Waals surface area contributed by atoms with E-state index in [0.717, 1.165) is 12.2 Å². The zero-order valence-corrected chi connectivity index (χ0v) is 12.4. The van der Waals surface area contributed by atoms with Crippen molar-refractivity contribution in [2.75, 3.05) is 18.1 Å². The predicted octanol–water partition coefficient (Wildman–Crippen LogP) is 2.41. The fourth-order valence-electron chi connectivity index (χ4n) is 2.10. The summed E-state index contributed by atoms with van der Waals surface area (Å²) in [7, 11) is 0. The number of pyridine rings is 1. The molecule has 0 bridgehead atoms. The molecule has 1 aromatic heterocycles. The van der Waals surface area contributed by atoms with E-state index in [-0.39, 0.29) is 12.0 Å². The predicted molar refractivity (Wildman–Crippen MR) is 82.8 cm³/mol. The first-order valence-corrected chi connectivity index (χ1v) is 7.26. The maximum Gasteiger partial charge on any atom is 0.225 e. The molecule has 22 heavy (non-hydrogen) atoms. The molecule has 1 fully saturated rings. The van der Waals surface area contributed by atoms with Crippen molar-refractivity contribution in [2.45, 2.75) is 19.6 Å². The van der Waals surface area contributed by atoms with Gasteiger partial charge < -0.3 is 9.47 Å². The summed E-state index contributed by atoms with van der Waals surface area (Å²) in [4.78, 5) is 18.0. The Morgan fingerprint density at radius 2 is 2.05 bits per heavy atom. The number of aromatic nitrogens is 1. The van der Waals surface area contributed by atoms with E-state index < -0.39 is 0 Å². The molecule has 0 unspecified atom stereocenters. The molecule has 0 saturated carbocycles. The van der Waals surface area contributed by atoms with Crippen molar-refractivity contribution in [3.05, 3.63) is 54.1 Å². The number of ether oxygens (including phenoxy) is 2. The van der Waals surface area contributed by atoms with Crippen molar-refractivity contribution in [3.63, 3.8) is 0 Å². The Labute approximate surface area is 129 Å². The van der Waals surface area contributed by atoms with Crippen LogP contribution in [-0.4, -0.2) is 30.2 Å². The summed E-state index contributed by atoms with van der Waals surface area (Å²) in [6, 6.07) is 15.3. The van der Waals surface area contributed by atoms with Gasteiger partial charge in [-0.25, -0.2) is 0 Å². The Hall–Kier alpha value is -2.40. The molecule has 3 rings (SSSR count). The second-order valence-electron chi connectivity index (χ2n) is 5.19. The highest BCUT2D eigenvalue weighted by atomic mass is 16.6. The summed E-state index contributed by atoms with van der Waals surface area (Å²) in [5, 5.41) is 0. The molecule has 0 N–H and O–H groups in total. The minimum absolute atomic E-state index is 0.0565. The molecule has 5 heteroatoms. The largest absolute Gasteiger partial charge is 0.475 e. The van der Waals surface area contributed by atoms with E-state index in [1.54, 1.807) is 11.0 Å². The third-order valence-corrected chi connectivity index (χ3v) is 3.37. The summed E-state index contributed by atoms with van der Waals surface area (Å²) in [5.74, 6) is 1.04. The van der Waals surface area contributed by atoms with Gasteiger partial charge in [-0.2, -0.15) is 4.98 Å². The Morgan fingerprint density at radius 3 is 2.73 bits per heavy atom. The van der Waals surface area contributed by atoms with Gasteiger partial charge in [0.15, 0.2) is 0 Å². The summed E-state index contributed by atoms with van der Waals surface area (Å²) >= 11 is 0. The quantitative estimate of drug-likeness (QED) is 0.769. The molecule has 1 amide bonds. The molecule has 0 radical (unpaired) electrons. The number of carbonyl (C=O) groups excluding carboxylic acids is 1. The molecule has 114 valence electrons. The number of anilines is 1. The van der Waals surface area contributed by atoms with Crippen molar-refractivity contribution in [3.8, 4) is 5.88 Å². The monoisotopic (exact) mass is 298 g/mol. The van der Waals surface area contributed by atoms with E-state index >= 15 is 0 Å². The number of epoxide rings is 1. The Morgan fingerprint density at radius 1 is 1.27 bits per heavy atom. The molecule has 5 nitrogen and oxygen atoms in total. The molecule has 2 heterocycles. The standard InChI is InChI=1S/C17H18N2O3/c1-13(20)19(10-14-6-3-2-4-7-14)16-8-5-9-17(18-16)22-12-15-11-21-15/h2-9,15H,10-12H2,1H3/t15-/m1/s1. The van der Waals surface area contributed by atoms with Crippen LogP contribution in [0.4, 0.5) is 5.82 Å². The van der Waals surface area contributed by atoms with E-state index in [0.29, 0.717) is 24.8 Å². The van der Waals surface area contributed by atoms with Crippen LogP contribution in [0.25, 0.3) is 0 Å². The van der Waals surface area contributed by atoms with E-state index in [4.69, 9.17) is 9.47 Å². The van der Waals surface area contributed by atoms with Crippen LogP contribution in [-0.2, 0) is 16.1 Å². The van der Waals surface area contributed by atoms with Crippen LogP contribution in [0.1, 0.15) is 12.5 Å². The van der Waals surface area contributed by atoms with Gasteiger partial charge in [-0.15, -0.1) is 0 Å². The van der Waals surface area contributed by atoms with Crippen LogP contribution in [0.15, 0.2) is 48.5 Å². The van der Waals surface area contributed by atoms with Crippen LogP contribution >= 0.6 is 0 Å². The van der Waals surface area contributed by atoms with Crippen molar-refractivity contribution < 1.29 is 14.3 Å². The van der Waals surface area contributed by atoms with Gasteiger partial charge in [0.1, 0.15) is 18.5 Å². The Bertz CT molecular complexity index is 641. The van der Waals surface area contributed by atoms with Gasteiger partial charge in [-0.05, 0) is 11.6 Å². The molecule has 0 aliphatic carbocycles. The summed E-state index contributed by atoms with van der Waals surface area (Å²) < 4.78 is 10.7. The number of hydrogen-bond acceptors (Lipinski definition) is 4. The van der Waals surface area contributed by atoms with Crippen LogP contribution in [0.3, 0.4) is 0 Å². The van der Waals surface area contributed by atoms with Crippen molar-refractivity contribution >= 4 is 11.7 Å². The summed E-state index contributed by atoms with van der Waals surface area (Å²) in [5.41, 5.74) is 1.05. The van der Waals surface area contributed by atoms with Crippen molar-refractivity contribution in [1.82, 2.24) is 4.98 Å². The van der Waals surface area contributed by atoms with E-state index in [9.17, 15) is 4.79 Å². The number of nitrogens with zero attached hydrogens (tertiary/aromatic N) is 2. The zero-order chi connectivity index (χ0) is 15.4. The molecular weight excluding hydrogens is 280 g/mol. The normalized spacial score (nSPS) is 16.1. The third kappa shape index (κ3) is 3.83. The average molecular weight is 298 g/mol. The lowest BCUT2D eigenvalue weighted by molar-refractivity contribution is -0.116. The second kappa shape index (κ2) is 6.58. The lowest BCUT2D eigenvalue weighted by Gasteiger charge is -2.20. The molecule has 0 spiro atoms. The van der Waals surface area contributed by atoms with Gasteiger partial charge in [0.25, 0.3) is 0 Å². The Kier molecular flexibility index (Phi) is 4.34. The highest BCUT2D eigenvalue weighted by Crippen LogP contribution is 2.20. The fraction of sp³-hybridized carbons (Fsp3) is 0.294. The first-order chi connectivity index (χ1) is 10.7. The van der Waals surface area contributed by atoms with Crippen LogP contribution in [0, 0.1) is 0 Å². The molecule has 1 aliphatic heterocycles. The van der Waals surface area contributed by atoms with E-state index in [1.807, 2.05) is 42.5 Å². The van der Waals surface area contributed by atoms with E-state index in [2.05, 4.69) is 4.98 Å². The highest BCUT2D eigenvalue weighted by Gasteiger charge is 2.23. The van der Waals surface area contributed by atoms with Gasteiger partial charge in [0.05, 0.1) is 13.2 Å². The average Bonchev–Trinajstić information content (AvgIpc) is 3.36. The molecule has 1 aliphatic rings. The van der Waals surface area contributed by atoms with Crippen LogP contribution in [0.2, 0.25) is 0 Å². The van der Waals surface area contributed by atoms with Gasteiger partial charge >= 0.3 is 0 Å². The van der Waals surface area contributed by atoms with Crippen LogP contribution < -0.4 is 9.64 Å². The minimum Gasteiger partial charge on any atom is -0.475 e. The van der Waals surface area contributed by atoms with Gasteiger partial charge in [-0.1, -0.05) is 36.4 Å².